The number of piperidine rings is 1. The largest absolute Gasteiger partial charge is 0.337 e. The zero-order chi connectivity index (χ0) is 15.5. The fourth-order valence-corrected chi connectivity index (χ4v) is 3.50. The highest BCUT2D eigenvalue weighted by Crippen LogP contribution is 2.32. The van der Waals surface area contributed by atoms with Crippen LogP contribution in [0.25, 0.3) is 0 Å². The van der Waals surface area contributed by atoms with Gasteiger partial charge in [-0.3, -0.25) is 4.79 Å². The quantitative estimate of drug-likeness (QED) is 0.862. The molecule has 1 atom stereocenters. The third-order valence-corrected chi connectivity index (χ3v) is 4.71. The van der Waals surface area contributed by atoms with Crippen molar-refractivity contribution in [3.63, 3.8) is 0 Å². The molecule has 0 spiro atoms. The molecule has 2 aromatic heterocycles. The van der Waals surface area contributed by atoms with E-state index in [9.17, 15) is 4.79 Å². The Kier molecular flexibility index (Phi) is 4.57. The van der Waals surface area contributed by atoms with E-state index >= 15 is 0 Å². The summed E-state index contributed by atoms with van der Waals surface area (Å²) >= 11 is 1.48. The molecule has 3 rings (SSSR count). The number of hydrogen-bond donors (Lipinski definition) is 0. The van der Waals surface area contributed by atoms with Crippen molar-refractivity contribution in [1.29, 1.82) is 0 Å². The van der Waals surface area contributed by atoms with Gasteiger partial charge in [-0.05, 0) is 36.6 Å². The van der Waals surface area contributed by atoms with Crippen molar-refractivity contribution >= 4 is 17.2 Å². The zero-order valence-corrected chi connectivity index (χ0v) is 13.8. The summed E-state index contributed by atoms with van der Waals surface area (Å²) in [6.45, 7) is 5.01. The molecule has 0 radical (unpaired) electrons. The first-order chi connectivity index (χ1) is 10.6. The van der Waals surface area contributed by atoms with Crippen LogP contribution in [-0.4, -0.2) is 27.5 Å². The highest BCUT2D eigenvalue weighted by atomic mass is 32.1. The second kappa shape index (κ2) is 6.60. The molecule has 0 saturated carbocycles. The highest BCUT2D eigenvalue weighted by molar-refractivity contribution is 7.12. The van der Waals surface area contributed by atoms with Crippen LogP contribution in [0.4, 0.5) is 0 Å². The SMILES string of the molecule is CC(C)Cc1noc(C2CCCCN2C(=O)c2cccs2)n1. The summed E-state index contributed by atoms with van der Waals surface area (Å²) in [5.74, 6) is 1.88. The molecule has 1 unspecified atom stereocenters. The number of nitrogens with zero attached hydrogens (tertiary/aromatic N) is 3. The third kappa shape index (κ3) is 3.21. The molecule has 2 aromatic rings. The topological polar surface area (TPSA) is 59.2 Å². The summed E-state index contributed by atoms with van der Waals surface area (Å²) in [7, 11) is 0. The molecule has 0 bridgehead atoms. The van der Waals surface area contributed by atoms with Crippen molar-refractivity contribution in [1.82, 2.24) is 15.0 Å². The maximum Gasteiger partial charge on any atom is 0.264 e. The van der Waals surface area contributed by atoms with Crippen molar-refractivity contribution in [3.8, 4) is 0 Å². The van der Waals surface area contributed by atoms with Gasteiger partial charge in [-0.25, -0.2) is 0 Å². The standard InChI is InChI=1S/C16H21N3O2S/c1-11(2)10-14-17-15(21-18-14)12-6-3-4-8-19(12)16(20)13-7-5-9-22-13/h5,7,9,11-12H,3-4,6,8,10H2,1-2H3. The Hall–Kier alpha value is -1.69. The molecule has 1 aliphatic heterocycles. The fraction of sp³-hybridized carbons (Fsp3) is 0.562. The minimum atomic E-state index is -0.0863. The number of rotatable bonds is 4. The van der Waals surface area contributed by atoms with E-state index < -0.39 is 0 Å². The van der Waals surface area contributed by atoms with Gasteiger partial charge in [0.15, 0.2) is 5.82 Å². The summed E-state index contributed by atoms with van der Waals surface area (Å²) in [5.41, 5.74) is 0. The van der Waals surface area contributed by atoms with Gasteiger partial charge in [0.05, 0.1) is 4.88 Å². The molecule has 1 amide bonds. The van der Waals surface area contributed by atoms with Crippen LogP contribution in [0.2, 0.25) is 0 Å². The van der Waals surface area contributed by atoms with Crippen LogP contribution in [0.15, 0.2) is 22.0 Å². The predicted molar refractivity (Wildman–Crippen MR) is 84.8 cm³/mol. The summed E-state index contributed by atoms with van der Waals surface area (Å²) in [6, 6.07) is 3.69. The van der Waals surface area contributed by atoms with Gasteiger partial charge < -0.3 is 9.42 Å². The molecule has 5 nitrogen and oxygen atoms in total. The summed E-state index contributed by atoms with van der Waals surface area (Å²) in [6.07, 6.45) is 3.80. The lowest BCUT2D eigenvalue weighted by molar-refractivity contribution is 0.0566. The smallest absolute Gasteiger partial charge is 0.264 e. The lowest BCUT2D eigenvalue weighted by Gasteiger charge is -2.33. The molecule has 1 saturated heterocycles. The molecule has 0 aromatic carbocycles. The second-order valence-corrected chi connectivity index (χ2v) is 7.08. The van der Waals surface area contributed by atoms with E-state index in [0.29, 0.717) is 11.8 Å². The number of hydrogen-bond acceptors (Lipinski definition) is 5. The Morgan fingerprint density at radius 3 is 3.09 bits per heavy atom. The Morgan fingerprint density at radius 2 is 2.36 bits per heavy atom. The van der Waals surface area contributed by atoms with E-state index in [4.69, 9.17) is 4.52 Å². The van der Waals surface area contributed by atoms with E-state index in [0.717, 1.165) is 42.9 Å². The van der Waals surface area contributed by atoms with Crippen molar-refractivity contribution in [2.45, 2.75) is 45.6 Å². The number of amides is 1. The lowest BCUT2D eigenvalue weighted by Crippen LogP contribution is -2.38. The Labute approximate surface area is 134 Å². The molecule has 6 heteroatoms. The number of thiophene rings is 1. The Morgan fingerprint density at radius 1 is 1.50 bits per heavy atom. The number of carbonyl (C=O) groups is 1. The average Bonchev–Trinajstić information content (AvgIpc) is 3.17. The monoisotopic (exact) mass is 319 g/mol. The highest BCUT2D eigenvalue weighted by Gasteiger charge is 2.33. The predicted octanol–water partition coefficient (Wildman–Crippen LogP) is 3.70. The van der Waals surface area contributed by atoms with Crippen molar-refractivity contribution in [2.75, 3.05) is 6.54 Å². The van der Waals surface area contributed by atoms with Gasteiger partial charge in [0.25, 0.3) is 5.91 Å². The summed E-state index contributed by atoms with van der Waals surface area (Å²) < 4.78 is 5.45. The van der Waals surface area contributed by atoms with Crippen LogP contribution in [0, 0.1) is 5.92 Å². The van der Waals surface area contributed by atoms with E-state index in [1.165, 1.54) is 11.3 Å². The molecule has 0 N–H and O–H groups in total. The molecule has 0 aliphatic carbocycles. The zero-order valence-electron chi connectivity index (χ0n) is 13.0. The van der Waals surface area contributed by atoms with Crippen LogP contribution in [0.1, 0.15) is 60.5 Å². The van der Waals surface area contributed by atoms with Gasteiger partial charge in [-0.1, -0.05) is 25.1 Å². The minimum absolute atomic E-state index is 0.0725. The lowest BCUT2D eigenvalue weighted by atomic mass is 10.0. The molecule has 1 fully saturated rings. The molecular formula is C16H21N3O2S. The maximum atomic E-state index is 12.7. The van der Waals surface area contributed by atoms with Gasteiger partial charge in [-0.15, -0.1) is 11.3 Å². The molecule has 118 valence electrons. The van der Waals surface area contributed by atoms with Crippen LogP contribution in [0.5, 0.6) is 0 Å². The molecule has 3 heterocycles. The third-order valence-electron chi connectivity index (χ3n) is 3.86. The molecule has 1 aliphatic rings. The minimum Gasteiger partial charge on any atom is -0.337 e. The normalized spacial score (nSPS) is 18.9. The van der Waals surface area contributed by atoms with Gasteiger partial charge >= 0.3 is 0 Å². The van der Waals surface area contributed by atoms with Gasteiger partial charge in [-0.2, -0.15) is 4.98 Å². The number of likely N-dealkylation sites (tertiary alicyclic amines) is 1. The van der Waals surface area contributed by atoms with Crippen LogP contribution in [-0.2, 0) is 6.42 Å². The fourth-order valence-electron chi connectivity index (χ4n) is 2.82. The van der Waals surface area contributed by atoms with Crippen LogP contribution >= 0.6 is 11.3 Å². The molecular weight excluding hydrogens is 298 g/mol. The summed E-state index contributed by atoms with van der Waals surface area (Å²) in [4.78, 5) is 19.9. The van der Waals surface area contributed by atoms with E-state index in [1.54, 1.807) is 0 Å². The van der Waals surface area contributed by atoms with Gasteiger partial charge in [0.1, 0.15) is 6.04 Å². The van der Waals surface area contributed by atoms with Crippen molar-refractivity contribution in [2.24, 2.45) is 5.92 Å². The van der Waals surface area contributed by atoms with Crippen LogP contribution in [0.3, 0.4) is 0 Å². The van der Waals surface area contributed by atoms with Gasteiger partial charge in [0, 0.05) is 13.0 Å². The maximum absolute atomic E-state index is 12.7. The second-order valence-electron chi connectivity index (χ2n) is 6.13. The van der Waals surface area contributed by atoms with Crippen LogP contribution < -0.4 is 0 Å². The van der Waals surface area contributed by atoms with E-state index in [2.05, 4.69) is 24.0 Å². The Balaban J connectivity index is 1.80. The average molecular weight is 319 g/mol. The van der Waals surface area contributed by atoms with E-state index in [1.807, 2.05) is 22.4 Å². The first kappa shape index (κ1) is 15.2. The van der Waals surface area contributed by atoms with Crippen molar-refractivity contribution < 1.29 is 9.32 Å². The van der Waals surface area contributed by atoms with Gasteiger partial charge in [0.2, 0.25) is 5.89 Å². The summed E-state index contributed by atoms with van der Waals surface area (Å²) in [5, 5.41) is 6.00. The number of carbonyl (C=O) groups excluding carboxylic acids is 1. The first-order valence-corrected chi connectivity index (χ1v) is 8.70. The first-order valence-electron chi connectivity index (χ1n) is 7.82. The van der Waals surface area contributed by atoms with E-state index in [-0.39, 0.29) is 11.9 Å². The number of aromatic nitrogens is 2. The molecule has 22 heavy (non-hydrogen) atoms. The Bertz CT molecular complexity index is 621. The van der Waals surface area contributed by atoms with Crippen molar-refractivity contribution in [3.05, 3.63) is 34.1 Å².